The van der Waals surface area contributed by atoms with Crippen LogP contribution in [0.25, 0.3) is 5.69 Å². The summed E-state index contributed by atoms with van der Waals surface area (Å²) in [6.07, 6.45) is 1.97. The zero-order valence-electron chi connectivity index (χ0n) is 12.0. The maximum absolute atomic E-state index is 11.7. The Morgan fingerprint density at radius 3 is 2.50 bits per heavy atom. The van der Waals surface area contributed by atoms with Crippen LogP contribution in [0.2, 0.25) is 0 Å². The van der Waals surface area contributed by atoms with Crippen LogP contribution in [0.1, 0.15) is 4.88 Å². The van der Waals surface area contributed by atoms with Crippen molar-refractivity contribution in [2.24, 2.45) is 4.99 Å². The molecule has 1 aromatic heterocycles. The fraction of sp³-hybridized carbons (Fsp3) is 0.286. The predicted octanol–water partition coefficient (Wildman–Crippen LogP) is 2.44. The van der Waals surface area contributed by atoms with Crippen LogP contribution in [0, 0.1) is 6.92 Å². The van der Waals surface area contributed by atoms with E-state index >= 15 is 0 Å². The van der Waals surface area contributed by atoms with Crippen molar-refractivity contribution < 1.29 is 9.53 Å². The number of carbonyl (C=O) groups is 1. The van der Waals surface area contributed by atoms with Crippen molar-refractivity contribution in [1.82, 2.24) is 9.47 Å². The molecule has 0 unspecified atom stereocenters. The van der Waals surface area contributed by atoms with E-state index in [1.54, 1.807) is 21.2 Å². The van der Waals surface area contributed by atoms with Gasteiger partial charge >= 0.3 is 6.03 Å². The molecule has 0 aliphatic heterocycles. The number of thiazole rings is 1. The van der Waals surface area contributed by atoms with Crippen LogP contribution in [0.3, 0.4) is 0 Å². The van der Waals surface area contributed by atoms with Crippen molar-refractivity contribution in [3.8, 4) is 11.4 Å². The lowest BCUT2D eigenvalue weighted by molar-refractivity contribution is 0.226. The van der Waals surface area contributed by atoms with Crippen LogP contribution >= 0.6 is 11.3 Å². The first-order chi connectivity index (χ1) is 9.51. The number of aromatic nitrogens is 1. The second-order valence-corrected chi connectivity index (χ2v) is 5.69. The monoisotopic (exact) mass is 291 g/mol. The van der Waals surface area contributed by atoms with E-state index in [4.69, 9.17) is 4.74 Å². The maximum atomic E-state index is 11.7. The van der Waals surface area contributed by atoms with E-state index in [-0.39, 0.29) is 6.03 Å². The number of ether oxygens (including phenoxy) is 1. The molecule has 2 aromatic rings. The highest BCUT2D eigenvalue weighted by atomic mass is 32.1. The van der Waals surface area contributed by atoms with Gasteiger partial charge in [-0.3, -0.25) is 4.57 Å². The lowest BCUT2D eigenvalue weighted by atomic mass is 10.3. The number of hydrogen-bond donors (Lipinski definition) is 0. The standard InChI is InChI=1S/C14H17N3O2S/c1-10-9-17(11-5-7-12(19-4)8-6-11)14(20-10)15-13(18)16(2)3/h5-9H,1-4H3. The molecule has 106 valence electrons. The van der Waals surface area contributed by atoms with Crippen LogP contribution in [-0.2, 0) is 0 Å². The molecule has 0 spiro atoms. The quantitative estimate of drug-likeness (QED) is 0.853. The van der Waals surface area contributed by atoms with Crippen molar-refractivity contribution in [1.29, 1.82) is 0 Å². The third kappa shape index (κ3) is 3.08. The van der Waals surface area contributed by atoms with Crippen molar-refractivity contribution in [2.45, 2.75) is 6.92 Å². The lowest BCUT2D eigenvalue weighted by Gasteiger charge is -2.06. The molecule has 0 radical (unpaired) electrons. The molecule has 5 nitrogen and oxygen atoms in total. The summed E-state index contributed by atoms with van der Waals surface area (Å²) in [6.45, 7) is 1.99. The van der Waals surface area contributed by atoms with Crippen LogP contribution in [-0.4, -0.2) is 36.7 Å². The summed E-state index contributed by atoms with van der Waals surface area (Å²) in [4.78, 5) is 19.1. The van der Waals surface area contributed by atoms with Crippen LogP contribution in [0.4, 0.5) is 4.79 Å². The molecule has 0 saturated heterocycles. The fourth-order valence-corrected chi connectivity index (χ4v) is 2.47. The molecule has 0 atom stereocenters. The molecular weight excluding hydrogens is 274 g/mol. The summed E-state index contributed by atoms with van der Waals surface area (Å²) in [5, 5.41) is 0. The van der Waals surface area contributed by atoms with Crippen LogP contribution in [0.15, 0.2) is 35.5 Å². The van der Waals surface area contributed by atoms with Gasteiger partial charge in [0, 0.05) is 30.9 Å². The molecular formula is C14H17N3O2S. The number of hydrogen-bond acceptors (Lipinski definition) is 3. The summed E-state index contributed by atoms with van der Waals surface area (Å²) in [6, 6.07) is 7.36. The number of aryl methyl sites for hydroxylation is 1. The van der Waals surface area contributed by atoms with Gasteiger partial charge in [-0.1, -0.05) is 0 Å². The first-order valence-corrected chi connectivity index (χ1v) is 6.92. The van der Waals surface area contributed by atoms with Gasteiger partial charge in [0.15, 0.2) is 4.80 Å². The predicted molar refractivity (Wildman–Crippen MR) is 79.6 cm³/mol. The Hall–Kier alpha value is -2.08. The van der Waals surface area contributed by atoms with E-state index in [0.29, 0.717) is 4.80 Å². The number of carbonyl (C=O) groups excluding carboxylic acids is 1. The number of methoxy groups -OCH3 is 1. The average Bonchev–Trinajstić information content (AvgIpc) is 2.79. The van der Waals surface area contributed by atoms with Crippen molar-refractivity contribution in [3.05, 3.63) is 40.1 Å². The van der Waals surface area contributed by atoms with Crippen molar-refractivity contribution in [3.63, 3.8) is 0 Å². The molecule has 0 bridgehead atoms. The number of nitrogens with zero attached hydrogens (tertiary/aromatic N) is 3. The Morgan fingerprint density at radius 2 is 1.95 bits per heavy atom. The topological polar surface area (TPSA) is 46.8 Å². The Kier molecular flexibility index (Phi) is 4.24. The molecule has 1 aromatic carbocycles. The largest absolute Gasteiger partial charge is 0.497 e. The number of urea groups is 1. The molecule has 0 N–H and O–H groups in total. The highest BCUT2D eigenvalue weighted by molar-refractivity contribution is 7.09. The Balaban J connectivity index is 2.48. The number of rotatable bonds is 2. The van der Waals surface area contributed by atoms with E-state index in [2.05, 4.69) is 4.99 Å². The van der Waals surface area contributed by atoms with Gasteiger partial charge in [0.05, 0.1) is 7.11 Å². The van der Waals surface area contributed by atoms with Crippen LogP contribution in [0.5, 0.6) is 5.75 Å². The zero-order chi connectivity index (χ0) is 14.7. The zero-order valence-corrected chi connectivity index (χ0v) is 12.8. The van der Waals surface area contributed by atoms with Gasteiger partial charge in [-0.2, -0.15) is 4.99 Å². The Morgan fingerprint density at radius 1 is 1.30 bits per heavy atom. The summed E-state index contributed by atoms with van der Waals surface area (Å²) in [5.41, 5.74) is 0.945. The highest BCUT2D eigenvalue weighted by Gasteiger charge is 2.06. The van der Waals surface area contributed by atoms with Crippen molar-refractivity contribution >= 4 is 17.4 Å². The molecule has 20 heavy (non-hydrogen) atoms. The molecule has 6 heteroatoms. The van der Waals surface area contributed by atoms with E-state index < -0.39 is 0 Å². The minimum atomic E-state index is -0.269. The summed E-state index contributed by atoms with van der Waals surface area (Å²) in [7, 11) is 5.00. The minimum absolute atomic E-state index is 0.269. The maximum Gasteiger partial charge on any atom is 0.345 e. The van der Waals surface area contributed by atoms with Gasteiger partial charge in [-0.25, -0.2) is 4.79 Å². The van der Waals surface area contributed by atoms with E-state index in [1.807, 2.05) is 42.0 Å². The highest BCUT2D eigenvalue weighted by Crippen LogP contribution is 2.15. The molecule has 1 heterocycles. The minimum Gasteiger partial charge on any atom is -0.497 e. The normalized spacial score (nSPS) is 11.5. The first kappa shape index (κ1) is 14.3. The van der Waals surface area contributed by atoms with Gasteiger partial charge in [-0.05, 0) is 31.2 Å². The SMILES string of the molecule is COc1ccc(-n2cc(C)sc2=NC(=O)N(C)C)cc1. The van der Waals surface area contributed by atoms with Crippen molar-refractivity contribution in [2.75, 3.05) is 21.2 Å². The Bertz CT molecular complexity index is 668. The first-order valence-electron chi connectivity index (χ1n) is 6.11. The second kappa shape index (κ2) is 5.92. The third-order valence-corrected chi connectivity index (χ3v) is 3.59. The van der Waals surface area contributed by atoms with E-state index in [0.717, 1.165) is 16.3 Å². The summed E-state index contributed by atoms with van der Waals surface area (Å²) in [5.74, 6) is 0.796. The number of benzene rings is 1. The smallest absolute Gasteiger partial charge is 0.345 e. The average molecular weight is 291 g/mol. The lowest BCUT2D eigenvalue weighted by Crippen LogP contribution is -2.22. The Labute approximate surface area is 121 Å². The number of amides is 2. The van der Waals surface area contributed by atoms with Gasteiger partial charge in [0.2, 0.25) is 0 Å². The van der Waals surface area contributed by atoms with Gasteiger partial charge in [0.25, 0.3) is 0 Å². The fourth-order valence-electron chi connectivity index (χ4n) is 1.64. The molecule has 0 fully saturated rings. The van der Waals surface area contributed by atoms with E-state index in [1.165, 1.54) is 16.2 Å². The molecule has 0 aliphatic rings. The molecule has 2 amide bonds. The molecule has 2 rings (SSSR count). The van der Waals surface area contributed by atoms with E-state index in [9.17, 15) is 4.79 Å². The second-order valence-electron chi connectivity index (χ2n) is 4.48. The molecule has 0 aliphatic carbocycles. The van der Waals surface area contributed by atoms with Crippen LogP contribution < -0.4 is 9.54 Å². The van der Waals surface area contributed by atoms with Gasteiger partial charge < -0.3 is 9.64 Å². The van der Waals surface area contributed by atoms with Gasteiger partial charge in [-0.15, -0.1) is 11.3 Å². The molecule has 0 saturated carbocycles. The summed E-state index contributed by atoms with van der Waals surface area (Å²) >= 11 is 1.48. The summed E-state index contributed by atoms with van der Waals surface area (Å²) < 4.78 is 7.05. The third-order valence-electron chi connectivity index (χ3n) is 2.69. The van der Waals surface area contributed by atoms with Gasteiger partial charge in [0.1, 0.15) is 5.75 Å².